The van der Waals surface area contributed by atoms with Crippen LogP contribution in [0.2, 0.25) is 23.4 Å². The molecule has 0 N–H and O–H groups in total. The zero-order chi connectivity index (χ0) is 16.5. The van der Waals surface area contributed by atoms with Crippen molar-refractivity contribution >= 4 is 46.9 Å². The van der Waals surface area contributed by atoms with Gasteiger partial charge in [0.25, 0.3) is 0 Å². The van der Waals surface area contributed by atoms with E-state index in [1.54, 1.807) is 6.20 Å². The Kier molecular flexibility index (Phi) is 5.31. The van der Waals surface area contributed by atoms with Crippen LogP contribution < -0.4 is 0 Å². The zero-order valence-electron chi connectivity index (χ0n) is 13.7. The summed E-state index contributed by atoms with van der Waals surface area (Å²) >= 11 is 9.30. The van der Waals surface area contributed by atoms with Gasteiger partial charge in [-0.15, -0.1) is 0 Å². The molecule has 5 nitrogen and oxygen atoms in total. The van der Waals surface area contributed by atoms with Crippen LogP contribution in [0.5, 0.6) is 0 Å². The molecule has 0 saturated carbocycles. The molecular weight excluding hydrogens is 384 g/mol. The molecule has 8 heteroatoms. The molecule has 0 spiro atoms. The summed E-state index contributed by atoms with van der Waals surface area (Å²) in [7, 11) is -1.69. The smallest absolute Gasteiger partial charge is 0.224 e. The molecule has 0 saturated heterocycles. The van der Waals surface area contributed by atoms with Gasteiger partial charge in [0.1, 0.15) is 4.60 Å². The van der Waals surface area contributed by atoms with Gasteiger partial charge in [0.2, 0.25) is 5.28 Å². The van der Waals surface area contributed by atoms with Gasteiger partial charge in [-0.1, -0.05) is 20.8 Å². The number of hydrogen-bond donors (Lipinski definition) is 0. The fourth-order valence-corrected chi connectivity index (χ4v) is 3.50. The van der Waals surface area contributed by atoms with Crippen LogP contribution in [0.1, 0.15) is 27.2 Å². The normalized spacial score (nSPS) is 13.0. The molecule has 0 aliphatic rings. The van der Waals surface area contributed by atoms with Gasteiger partial charge < -0.3 is 4.43 Å². The monoisotopic (exact) mass is 404 g/mol. The first-order valence-electron chi connectivity index (χ1n) is 7.30. The molecule has 2 rings (SSSR count). The van der Waals surface area contributed by atoms with Crippen LogP contribution in [0.3, 0.4) is 0 Å². The van der Waals surface area contributed by atoms with E-state index in [1.165, 1.54) is 0 Å². The average molecular weight is 406 g/mol. The van der Waals surface area contributed by atoms with Gasteiger partial charge in [0.05, 0.1) is 5.39 Å². The van der Waals surface area contributed by atoms with Crippen molar-refractivity contribution in [1.82, 2.24) is 19.7 Å². The third-order valence-corrected chi connectivity index (χ3v) is 9.50. The van der Waals surface area contributed by atoms with E-state index in [4.69, 9.17) is 16.0 Å². The molecule has 0 unspecified atom stereocenters. The summed E-state index contributed by atoms with van der Waals surface area (Å²) in [6, 6.07) is 0. The summed E-state index contributed by atoms with van der Waals surface area (Å²) in [5, 5.41) is 5.78. The number of aromatic nitrogens is 4. The minimum absolute atomic E-state index is 0.231. The van der Waals surface area contributed by atoms with Gasteiger partial charge in [-0.25, -0.2) is 9.67 Å². The molecule has 2 aromatic rings. The lowest BCUT2D eigenvalue weighted by molar-refractivity contribution is 0.273. The number of halogens is 2. The van der Waals surface area contributed by atoms with E-state index in [2.05, 4.69) is 64.9 Å². The van der Waals surface area contributed by atoms with E-state index in [0.29, 0.717) is 0 Å². The molecule has 0 aromatic carbocycles. The van der Waals surface area contributed by atoms with Crippen LogP contribution in [0.4, 0.5) is 0 Å². The number of rotatable bonds is 5. The molecule has 0 amide bonds. The molecular formula is C14H22BrClN4OSi. The van der Waals surface area contributed by atoms with E-state index >= 15 is 0 Å². The first-order valence-corrected chi connectivity index (χ1v) is 11.4. The highest BCUT2D eigenvalue weighted by Gasteiger charge is 2.36. The minimum Gasteiger partial charge on any atom is -0.417 e. The van der Waals surface area contributed by atoms with Gasteiger partial charge >= 0.3 is 0 Å². The second kappa shape index (κ2) is 6.55. The molecule has 2 heterocycles. The highest BCUT2D eigenvalue weighted by molar-refractivity contribution is 9.10. The highest BCUT2D eigenvalue weighted by Crippen LogP contribution is 2.36. The van der Waals surface area contributed by atoms with Crippen molar-refractivity contribution in [2.75, 3.05) is 6.61 Å². The third-order valence-electron chi connectivity index (χ3n) is 4.20. The molecule has 122 valence electrons. The van der Waals surface area contributed by atoms with Crippen LogP contribution in [0.15, 0.2) is 10.8 Å². The Labute approximate surface area is 145 Å². The van der Waals surface area contributed by atoms with Crippen molar-refractivity contribution in [1.29, 1.82) is 0 Å². The summed E-state index contributed by atoms with van der Waals surface area (Å²) < 4.78 is 8.77. The summed E-state index contributed by atoms with van der Waals surface area (Å²) in [6.45, 7) is 12.7. The number of fused-ring (bicyclic) bond motifs is 1. The lowest BCUT2D eigenvalue weighted by Gasteiger charge is -2.36. The van der Waals surface area contributed by atoms with Crippen molar-refractivity contribution in [2.45, 2.75) is 51.9 Å². The van der Waals surface area contributed by atoms with Gasteiger partial charge in [-0.05, 0) is 52.1 Å². The maximum absolute atomic E-state index is 6.19. The number of hydrogen-bond acceptors (Lipinski definition) is 4. The quantitative estimate of drug-likeness (QED) is 0.412. The van der Waals surface area contributed by atoms with E-state index in [9.17, 15) is 0 Å². The molecule has 0 radical (unpaired) electrons. The summed E-state index contributed by atoms with van der Waals surface area (Å²) in [6.07, 6.45) is 2.57. The standard InChI is InChI=1S/C14H22BrClN4OSi/c1-14(2,3)22(4,5)21-8-6-7-20-12-10(11(15)19-20)9-17-13(16)18-12/h9H,6-8H2,1-5H3. The Bertz CT molecular complexity index is 669. The molecule has 2 aromatic heterocycles. The molecule has 22 heavy (non-hydrogen) atoms. The van der Waals surface area contributed by atoms with E-state index in [0.717, 1.165) is 35.2 Å². The van der Waals surface area contributed by atoms with Crippen molar-refractivity contribution in [3.8, 4) is 0 Å². The third kappa shape index (κ3) is 3.87. The Morgan fingerprint density at radius 3 is 2.68 bits per heavy atom. The molecule has 0 bridgehead atoms. The lowest BCUT2D eigenvalue weighted by Crippen LogP contribution is -2.41. The second-order valence-corrected chi connectivity index (χ2v) is 12.8. The van der Waals surface area contributed by atoms with Crippen LogP contribution in [-0.4, -0.2) is 34.7 Å². The maximum Gasteiger partial charge on any atom is 0.224 e. The Morgan fingerprint density at radius 2 is 2.05 bits per heavy atom. The second-order valence-electron chi connectivity index (χ2n) is 6.85. The topological polar surface area (TPSA) is 52.8 Å². The Morgan fingerprint density at radius 1 is 1.36 bits per heavy atom. The molecule has 0 aliphatic heterocycles. The Hall–Kier alpha value is -0.503. The molecule has 0 fully saturated rings. The fourth-order valence-electron chi connectivity index (χ4n) is 1.82. The van der Waals surface area contributed by atoms with E-state index < -0.39 is 8.32 Å². The summed E-state index contributed by atoms with van der Waals surface area (Å²) in [5.74, 6) is 0. The van der Waals surface area contributed by atoms with Crippen LogP contribution in [0.25, 0.3) is 11.0 Å². The van der Waals surface area contributed by atoms with Gasteiger partial charge in [0, 0.05) is 19.3 Å². The van der Waals surface area contributed by atoms with Crippen molar-refractivity contribution < 1.29 is 4.43 Å². The molecule has 0 aliphatic carbocycles. The average Bonchev–Trinajstić information content (AvgIpc) is 2.70. The van der Waals surface area contributed by atoms with Crippen molar-refractivity contribution in [2.24, 2.45) is 0 Å². The number of aryl methyl sites for hydroxylation is 1. The van der Waals surface area contributed by atoms with E-state index in [1.807, 2.05) is 4.68 Å². The van der Waals surface area contributed by atoms with Crippen LogP contribution in [0, 0.1) is 0 Å². The first-order chi connectivity index (χ1) is 10.1. The van der Waals surface area contributed by atoms with Crippen LogP contribution in [-0.2, 0) is 11.0 Å². The maximum atomic E-state index is 6.19. The number of nitrogens with zero attached hydrogens (tertiary/aromatic N) is 4. The highest BCUT2D eigenvalue weighted by atomic mass is 79.9. The minimum atomic E-state index is -1.69. The first kappa shape index (κ1) is 17.8. The van der Waals surface area contributed by atoms with Crippen molar-refractivity contribution in [3.63, 3.8) is 0 Å². The lowest BCUT2D eigenvalue weighted by atomic mass is 10.2. The fraction of sp³-hybridized carbons (Fsp3) is 0.643. The van der Waals surface area contributed by atoms with Gasteiger partial charge in [-0.3, -0.25) is 0 Å². The predicted octanol–water partition coefficient (Wildman–Crippen LogP) is 4.65. The largest absolute Gasteiger partial charge is 0.417 e. The van der Waals surface area contributed by atoms with Crippen LogP contribution >= 0.6 is 27.5 Å². The molecule has 0 atom stereocenters. The Balaban J connectivity index is 2.00. The van der Waals surface area contributed by atoms with E-state index in [-0.39, 0.29) is 10.3 Å². The summed E-state index contributed by atoms with van der Waals surface area (Å²) in [4.78, 5) is 8.24. The summed E-state index contributed by atoms with van der Waals surface area (Å²) in [5.41, 5.74) is 0.749. The SMILES string of the molecule is CC(C)(C)[Si](C)(C)OCCCn1nc(Br)c2cnc(Cl)nc21. The van der Waals surface area contributed by atoms with Crippen molar-refractivity contribution in [3.05, 3.63) is 16.1 Å². The zero-order valence-corrected chi connectivity index (χ0v) is 17.0. The predicted molar refractivity (Wildman–Crippen MR) is 95.8 cm³/mol. The van der Waals surface area contributed by atoms with Gasteiger partial charge in [-0.2, -0.15) is 10.1 Å². The van der Waals surface area contributed by atoms with Gasteiger partial charge in [0.15, 0.2) is 14.0 Å².